The fourth-order valence-corrected chi connectivity index (χ4v) is 1.61. The topological polar surface area (TPSA) is 47.6 Å². The van der Waals surface area contributed by atoms with Crippen LogP contribution in [0.1, 0.15) is 11.1 Å². The molecule has 1 aromatic carbocycles. The molecule has 17 heavy (non-hydrogen) atoms. The van der Waals surface area contributed by atoms with Gasteiger partial charge in [-0.25, -0.2) is 4.99 Å². The van der Waals surface area contributed by atoms with Crippen molar-refractivity contribution in [1.82, 2.24) is 0 Å². The lowest BCUT2D eigenvalue weighted by Crippen LogP contribution is -2.24. The monoisotopic (exact) mass is 244 g/mol. The Labute approximate surface area is 96.1 Å². The van der Waals surface area contributed by atoms with Crippen molar-refractivity contribution in [3.63, 3.8) is 0 Å². The number of rotatable bonds is 2. The van der Waals surface area contributed by atoms with E-state index in [4.69, 9.17) is 10.5 Å². The van der Waals surface area contributed by atoms with Crippen molar-refractivity contribution in [3.05, 3.63) is 35.4 Å². The molecule has 2 rings (SSSR count). The lowest BCUT2D eigenvalue weighted by molar-refractivity contribution is -0.137. The highest BCUT2D eigenvalue weighted by atomic mass is 19.4. The number of benzene rings is 1. The van der Waals surface area contributed by atoms with Crippen LogP contribution in [0, 0.1) is 0 Å². The third kappa shape index (κ3) is 2.41. The fourth-order valence-electron chi connectivity index (χ4n) is 1.61. The Kier molecular flexibility index (Phi) is 3.06. The van der Waals surface area contributed by atoms with Gasteiger partial charge in [-0.3, -0.25) is 0 Å². The van der Waals surface area contributed by atoms with Gasteiger partial charge in [-0.1, -0.05) is 12.1 Å². The Bertz CT molecular complexity index is 443. The summed E-state index contributed by atoms with van der Waals surface area (Å²) in [5, 5.41) is 0. The van der Waals surface area contributed by atoms with Crippen LogP contribution in [0.25, 0.3) is 0 Å². The van der Waals surface area contributed by atoms with E-state index >= 15 is 0 Å². The van der Waals surface area contributed by atoms with Crippen molar-refractivity contribution < 1.29 is 17.9 Å². The van der Waals surface area contributed by atoms with Crippen LogP contribution in [0.2, 0.25) is 0 Å². The third-order valence-corrected chi connectivity index (χ3v) is 2.44. The molecule has 1 heterocycles. The van der Waals surface area contributed by atoms with Gasteiger partial charge in [0.2, 0.25) is 5.90 Å². The summed E-state index contributed by atoms with van der Waals surface area (Å²) in [5.41, 5.74) is 4.61. The van der Waals surface area contributed by atoms with E-state index in [9.17, 15) is 13.2 Å². The van der Waals surface area contributed by atoms with Crippen molar-refractivity contribution in [1.29, 1.82) is 0 Å². The first-order valence-electron chi connectivity index (χ1n) is 5.10. The molecule has 3 nitrogen and oxygen atoms in total. The van der Waals surface area contributed by atoms with Crippen molar-refractivity contribution >= 4 is 5.90 Å². The molecule has 0 aromatic heterocycles. The van der Waals surface area contributed by atoms with Crippen LogP contribution in [-0.4, -0.2) is 25.1 Å². The average molecular weight is 244 g/mol. The summed E-state index contributed by atoms with van der Waals surface area (Å²) in [5.74, 6) is 0.0216. The van der Waals surface area contributed by atoms with E-state index in [1.54, 1.807) is 0 Å². The highest BCUT2D eigenvalue weighted by Gasteiger charge is 2.35. The lowest BCUT2D eigenvalue weighted by atomic mass is 10.1. The summed E-state index contributed by atoms with van der Waals surface area (Å²) in [4.78, 5) is 3.95. The van der Waals surface area contributed by atoms with E-state index in [0.29, 0.717) is 6.54 Å². The van der Waals surface area contributed by atoms with Gasteiger partial charge in [0.25, 0.3) is 0 Å². The second-order valence-corrected chi connectivity index (χ2v) is 3.66. The highest BCUT2D eigenvalue weighted by Crippen LogP contribution is 2.32. The van der Waals surface area contributed by atoms with Crippen molar-refractivity contribution in [2.24, 2.45) is 10.7 Å². The Hall–Kier alpha value is -1.56. The molecule has 6 heteroatoms. The Morgan fingerprint density at radius 1 is 1.35 bits per heavy atom. The van der Waals surface area contributed by atoms with Gasteiger partial charge in [0.15, 0.2) is 0 Å². The van der Waals surface area contributed by atoms with Crippen LogP contribution < -0.4 is 5.73 Å². The van der Waals surface area contributed by atoms with Gasteiger partial charge in [-0.15, -0.1) is 0 Å². The molecule has 1 atom stereocenters. The SMILES string of the molecule is NCC1CN=C(c2ccccc2C(F)(F)F)O1. The molecule has 0 saturated carbocycles. The quantitative estimate of drug-likeness (QED) is 0.862. The minimum atomic E-state index is -4.41. The van der Waals surface area contributed by atoms with Crippen LogP contribution in [0.15, 0.2) is 29.3 Å². The van der Waals surface area contributed by atoms with Gasteiger partial charge in [-0.2, -0.15) is 13.2 Å². The largest absolute Gasteiger partial charge is 0.471 e. The summed E-state index contributed by atoms with van der Waals surface area (Å²) < 4.78 is 43.5. The number of hydrogen-bond donors (Lipinski definition) is 1. The third-order valence-electron chi connectivity index (χ3n) is 2.44. The normalized spacial score (nSPS) is 20.0. The molecule has 1 aliphatic heterocycles. The van der Waals surface area contributed by atoms with Crippen molar-refractivity contribution in [2.75, 3.05) is 13.1 Å². The van der Waals surface area contributed by atoms with Crippen LogP contribution in [-0.2, 0) is 10.9 Å². The molecule has 0 fully saturated rings. The minimum Gasteiger partial charge on any atom is -0.471 e. The molecule has 1 aromatic rings. The Balaban J connectivity index is 2.34. The number of nitrogens with zero attached hydrogens (tertiary/aromatic N) is 1. The highest BCUT2D eigenvalue weighted by molar-refractivity contribution is 5.96. The molecule has 1 aliphatic rings. The number of ether oxygens (including phenoxy) is 1. The molecular weight excluding hydrogens is 233 g/mol. The van der Waals surface area contributed by atoms with Gasteiger partial charge >= 0.3 is 6.18 Å². The van der Waals surface area contributed by atoms with Gasteiger partial charge in [0, 0.05) is 12.1 Å². The molecule has 0 radical (unpaired) electrons. The van der Waals surface area contributed by atoms with Gasteiger partial charge < -0.3 is 10.5 Å². The number of aliphatic imine (C=N–C) groups is 1. The lowest BCUT2D eigenvalue weighted by Gasteiger charge is -2.13. The zero-order chi connectivity index (χ0) is 12.5. The maximum Gasteiger partial charge on any atom is 0.417 e. The molecule has 0 amide bonds. The molecular formula is C11H11F3N2O. The summed E-state index contributed by atoms with van der Waals surface area (Å²) in [7, 11) is 0. The molecule has 0 aliphatic carbocycles. The zero-order valence-corrected chi connectivity index (χ0v) is 8.87. The van der Waals surface area contributed by atoms with Crippen molar-refractivity contribution in [2.45, 2.75) is 12.3 Å². The Morgan fingerprint density at radius 2 is 2.06 bits per heavy atom. The first kappa shape index (κ1) is 11.9. The predicted octanol–water partition coefficient (Wildman–Crippen LogP) is 1.81. The smallest absolute Gasteiger partial charge is 0.417 e. The summed E-state index contributed by atoms with van der Waals surface area (Å²) in [6, 6.07) is 5.21. The number of alkyl halides is 3. The molecule has 0 bridgehead atoms. The van der Waals surface area contributed by atoms with Crippen LogP contribution in [0.5, 0.6) is 0 Å². The van der Waals surface area contributed by atoms with E-state index in [1.165, 1.54) is 18.2 Å². The van der Waals surface area contributed by atoms with Gasteiger partial charge in [0.05, 0.1) is 12.1 Å². The van der Waals surface area contributed by atoms with E-state index in [2.05, 4.69) is 4.99 Å². The van der Waals surface area contributed by atoms with Crippen LogP contribution >= 0.6 is 0 Å². The summed E-state index contributed by atoms with van der Waals surface area (Å²) in [6.07, 6.45) is -4.74. The van der Waals surface area contributed by atoms with Crippen molar-refractivity contribution in [3.8, 4) is 0 Å². The molecule has 2 N–H and O–H groups in total. The minimum absolute atomic E-state index is 0.0216. The van der Waals surface area contributed by atoms with E-state index in [0.717, 1.165) is 6.07 Å². The maximum absolute atomic E-state index is 12.7. The van der Waals surface area contributed by atoms with E-state index in [1.807, 2.05) is 0 Å². The number of halogens is 3. The molecule has 1 unspecified atom stereocenters. The summed E-state index contributed by atoms with van der Waals surface area (Å²) >= 11 is 0. The fraction of sp³-hybridized carbons (Fsp3) is 0.364. The van der Waals surface area contributed by atoms with Crippen LogP contribution in [0.4, 0.5) is 13.2 Å². The molecule has 92 valence electrons. The Morgan fingerprint density at radius 3 is 2.65 bits per heavy atom. The standard InChI is InChI=1S/C11H11F3N2O/c12-11(13,14)9-4-2-1-3-8(9)10-16-6-7(5-15)17-10/h1-4,7H,5-6,15H2. The summed E-state index contributed by atoms with van der Waals surface area (Å²) in [6.45, 7) is 0.541. The number of hydrogen-bond acceptors (Lipinski definition) is 3. The second kappa shape index (κ2) is 4.37. The number of nitrogens with two attached hydrogens (primary N) is 1. The first-order valence-corrected chi connectivity index (χ1v) is 5.10. The zero-order valence-electron chi connectivity index (χ0n) is 8.87. The predicted molar refractivity (Wildman–Crippen MR) is 56.8 cm³/mol. The van der Waals surface area contributed by atoms with E-state index < -0.39 is 11.7 Å². The average Bonchev–Trinajstić information content (AvgIpc) is 2.76. The van der Waals surface area contributed by atoms with Crippen LogP contribution in [0.3, 0.4) is 0 Å². The molecule has 0 saturated heterocycles. The maximum atomic E-state index is 12.7. The van der Waals surface area contributed by atoms with Gasteiger partial charge in [-0.05, 0) is 12.1 Å². The first-order chi connectivity index (χ1) is 8.02. The second-order valence-electron chi connectivity index (χ2n) is 3.66. The van der Waals surface area contributed by atoms with E-state index in [-0.39, 0.29) is 24.1 Å². The molecule has 0 spiro atoms. The van der Waals surface area contributed by atoms with Gasteiger partial charge in [0.1, 0.15) is 6.10 Å².